The molecular formula is C9H13ClN2O. The highest BCUT2D eigenvalue weighted by Gasteiger charge is 1.97. The van der Waals surface area contributed by atoms with E-state index in [0.717, 1.165) is 0 Å². The summed E-state index contributed by atoms with van der Waals surface area (Å²) >= 11 is 5.46. The molecule has 0 amide bonds. The van der Waals surface area contributed by atoms with E-state index in [-0.39, 0.29) is 5.69 Å². The lowest BCUT2D eigenvalue weighted by molar-refractivity contribution is 0.674. The minimum atomic E-state index is 0.0294. The van der Waals surface area contributed by atoms with Gasteiger partial charge in [0.15, 0.2) is 0 Å². The smallest absolute Gasteiger partial charge is 0.300 e. The van der Waals surface area contributed by atoms with Gasteiger partial charge in [0.25, 0.3) is 0 Å². The summed E-state index contributed by atoms with van der Waals surface area (Å²) in [5, 5.41) is 0. The maximum Gasteiger partial charge on any atom is 0.328 e. The van der Waals surface area contributed by atoms with Crippen LogP contribution in [-0.4, -0.2) is 15.0 Å². The monoisotopic (exact) mass is 200 g/mol. The number of rotatable bonds is 4. The zero-order valence-corrected chi connectivity index (χ0v) is 8.37. The lowest BCUT2D eigenvalue weighted by Crippen LogP contribution is -2.22. The third-order valence-electron chi connectivity index (χ3n) is 1.82. The van der Waals surface area contributed by atoms with Crippen molar-refractivity contribution in [3.8, 4) is 0 Å². The first-order chi connectivity index (χ1) is 6.29. The largest absolute Gasteiger partial charge is 0.328 e. The molecule has 0 bridgehead atoms. The molecule has 13 heavy (non-hydrogen) atoms. The van der Waals surface area contributed by atoms with Gasteiger partial charge < -0.3 is 0 Å². The quantitative estimate of drug-likeness (QED) is 0.534. The van der Waals surface area contributed by atoms with E-state index in [0.29, 0.717) is 19.0 Å². The highest BCUT2D eigenvalue weighted by Crippen LogP contribution is 1.87. The first kappa shape index (κ1) is 10.1. The van der Waals surface area contributed by atoms with Gasteiger partial charge in [0.1, 0.15) is 0 Å². The van der Waals surface area contributed by atoms with E-state index in [1.165, 1.54) is 0 Å². The van der Waals surface area contributed by atoms with E-state index in [4.69, 9.17) is 11.6 Å². The van der Waals surface area contributed by atoms with Crippen LogP contribution in [-0.2, 0) is 13.1 Å². The maximum absolute atomic E-state index is 11.5. The molecule has 0 spiro atoms. The summed E-state index contributed by atoms with van der Waals surface area (Å²) in [6.45, 7) is 3.25. The van der Waals surface area contributed by atoms with E-state index in [1.807, 2.05) is 19.1 Å². The van der Waals surface area contributed by atoms with E-state index in [2.05, 4.69) is 0 Å². The van der Waals surface area contributed by atoms with Gasteiger partial charge in [-0.2, -0.15) is 0 Å². The first-order valence-corrected chi connectivity index (χ1v) is 4.79. The Kier molecular flexibility index (Phi) is 3.83. The highest BCUT2D eigenvalue weighted by molar-refractivity contribution is 6.18. The summed E-state index contributed by atoms with van der Waals surface area (Å²) in [5.41, 5.74) is 0.0294. The number of imidazole rings is 1. The molecule has 0 aliphatic heterocycles. The fourth-order valence-electron chi connectivity index (χ4n) is 1.08. The predicted molar refractivity (Wildman–Crippen MR) is 54.2 cm³/mol. The maximum atomic E-state index is 11.5. The Morgan fingerprint density at radius 3 is 2.62 bits per heavy atom. The van der Waals surface area contributed by atoms with Crippen molar-refractivity contribution in [1.82, 2.24) is 9.13 Å². The number of hydrogen-bond donors (Lipinski definition) is 0. The molecule has 1 heterocycles. The molecule has 0 aliphatic rings. The van der Waals surface area contributed by atoms with Crippen LogP contribution < -0.4 is 5.69 Å². The van der Waals surface area contributed by atoms with Crippen LogP contribution >= 0.6 is 11.6 Å². The molecule has 0 aliphatic carbocycles. The topological polar surface area (TPSA) is 26.9 Å². The van der Waals surface area contributed by atoms with E-state index >= 15 is 0 Å². The number of allylic oxidation sites excluding steroid dienone is 2. The molecule has 0 saturated carbocycles. The van der Waals surface area contributed by atoms with Crippen LogP contribution in [0.2, 0.25) is 0 Å². The normalized spacial score (nSPS) is 11.2. The molecule has 0 saturated heterocycles. The summed E-state index contributed by atoms with van der Waals surface area (Å²) in [7, 11) is 0. The Bertz CT molecular complexity index is 338. The van der Waals surface area contributed by atoms with Gasteiger partial charge in [0.05, 0.1) is 0 Å². The molecule has 0 atom stereocenters. The van der Waals surface area contributed by atoms with Crippen molar-refractivity contribution in [2.24, 2.45) is 0 Å². The van der Waals surface area contributed by atoms with Gasteiger partial charge >= 0.3 is 5.69 Å². The first-order valence-electron chi connectivity index (χ1n) is 4.26. The summed E-state index contributed by atoms with van der Waals surface area (Å²) in [5.74, 6) is 0.489. The number of hydrogen-bond acceptors (Lipinski definition) is 1. The molecule has 0 unspecified atom stereocenters. The van der Waals surface area contributed by atoms with Crippen LogP contribution in [0, 0.1) is 0 Å². The molecule has 3 nitrogen and oxygen atoms in total. The standard InChI is InChI=1S/C9H13ClN2O/c1-2-11-7-8-12(9(11)13)6-4-3-5-10/h3-4,7-8H,2,5-6H2,1H3/b4-3+. The molecule has 0 fully saturated rings. The average molecular weight is 201 g/mol. The molecular weight excluding hydrogens is 188 g/mol. The fraction of sp³-hybridized carbons (Fsp3) is 0.444. The number of aromatic nitrogens is 2. The fourth-order valence-corrected chi connectivity index (χ4v) is 1.21. The molecule has 1 rings (SSSR count). The van der Waals surface area contributed by atoms with Gasteiger partial charge in [-0.15, -0.1) is 11.6 Å². The Morgan fingerprint density at radius 2 is 2.08 bits per heavy atom. The molecule has 0 radical (unpaired) electrons. The summed E-state index contributed by atoms with van der Waals surface area (Å²) in [6, 6.07) is 0. The van der Waals surface area contributed by atoms with Crippen LogP contribution in [0.5, 0.6) is 0 Å². The van der Waals surface area contributed by atoms with Crippen molar-refractivity contribution >= 4 is 11.6 Å². The van der Waals surface area contributed by atoms with Crippen LogP contribution in [0.25, 0.3) is 0 Å². The van der Waals surface area contributed by atoms with Crippen molar-refractivity contribution in [2.75, 3.05) is 5.88 Å². The van der Waals surface area contributed by atoms with Crippen LogP contribution in [0.15, 0.2) is 29.3 Å². The van der Waals surface area contributed by atoms with Gasteiger partial charge in [-0.3, -0.25) is 9.13 Å². The molecule has 0 N–H and O–H groups in total. The second kappa shape index (κ2) is 4.92. The minimum Gasteiger partial charge on any atom is -0.300 e. The highest BCUT2D eigenvalue weighted by atomic mass is 35.5. The Labute approximate surface area is 82.2 Å². The zero-order chi connectivity index (χ0) is 9.68. The summed E-state index contributed by atoms with van der Waals surface area (Å²) in [4.78, 5) is 11.5. The average Bonchev–Trinajstić information content (AvgIpc) is 2.48. The minimum absolute atomic E-state index is 0.0294. The van der Waals surface area contributed by atoms with E-state index in [9.17, 15) is 4.79 Å². The van der Waals surface area contributed by atoms with Gasteiger partial charge in [-0.05, 0) is 6.92 Å². The van der Waals surface area contributed by atoms with Gasteiger partial charge in [0, 0.05) is 31.4 Å². The van der Waals surface area contributed by atoms with Crippen molar-refractivity contribution in [2.45, 2.75) is 20.0 Å². The van der Waals surface area contributed by atoms with Gasteiger partial charge in [-0.25, -0.2) is 4.79 Å². The number of halogens is 1. The van der Waals surface area contributed by atoms with Gasteiger partial charge in [0.2, 0.25) is 0 Å². The van der Waals surface area contributed by atoms with Crippen molar-refractivity contribution in [1.29, 1.82) is 0 Å². The molecule has 72 valence electrons. The third kappa shape index (κ3) is 2.49. The van der Waals surface area contributed by atoms with Gasteiger partial charge in [-0.1, -0.05) is 12.2 Å². The Balaban J connectivity index is 2.73. The second-order valence-electron chi connectivity index (χ2n) is 2.64. The number of aryl methyl sites for hydroxylation is 1. The zero-order valence-electron chi connectivity index (χ0n) is 7.61. The van der Waals surface area contributed by atoms with Crippen molar-refractivity contribution in [3.63, 3.8) is 0 Å². The van der Waals surface area contributed by atoms with Crippen LogP contribution in [0.3, 0.4) is 0 Å². The SMILES string of the molecule is CCn1ccn(C/C=C/CCl)c1=O. The molecule has 0 aromatic carbocycles. The predicted octanol–water partition coefficient (Wildman–Crippen LogP) is 1.46. The number of alkyl halides is 1. The number of nitrogens with zero attached hydrogens (tertiary/aromatic N) is 2. The molecule has 1 aromatic heterocycles. The lowest BCUT2D eigenvalue weighted by atomic mass is 10.5. The van der Waals surface area contributed by atoms with Crippen molar-refractivity contribution < 1.29 is 0 Å². The summed E-state index contributed by atoms with van der Waals surface area (Å²) < 4.78 is 3.31. The Morgan fingerprint density at radius 1 is 1.38 bits per heavy atom. The molecule has 4 heteroatoms. The van der Waals surface area contributed by atoms with Crippen LogP contribution in [0.4, 0.5) is 0 Å². The Hall–Kier alpha value is -0.960. The molecule has 1 aromatic rings. The lowest BCUT2D eigenvalue weighted by Gasteiger charge is -1.94. The summed E-state index contributed by atoms with van der Waals surface area (Å²) in [6.07, 6.45) is 7.28. The second-order valence-corrected chi connectivity index (χ2v) is 2.95. The van der Waals surface area contributed by atoms with Crippen molar-refractivity contribution in [3.05, 3.63) is 35.0 Å². The third-order valence-corrected chi connectivity index (χ3v) is 1.99. The van der Waals surface area contributed by atoms with E-state index in [1.54, 1.807) is 21.5 Å². The van der Waals surface area contributed by atoms with Crippen LogP contribution in [0.1, 0.15) is 6.92 Å². The van der Waals surface area contributed by atoms with E-state index < -0.39 is 0 Å².